The number of aliphatic imine (C=N–C) groups is 1. The fourth-order valence-electron chi connectivity index (χ4n) is 1.47. The van der Waals surface area contributed by atoms with Crippen molar-refractivity contribution in [1.29, 1.82) is 0 Å². The zero-order valence-electron chi connectivity index (χ0n) is 10.9. The van der Waals surface area contributed by atoms with E-state index in [1.165, 1.54) is 0 Å². The first-order valence-electron chi connectivity index (χ1n) is 5.54. The van der Waals surface area contributed by atoms with Gasteiger partial charge in [-0.1, -0.05) is 13.8 Å². The zero-order valence-corrected chi connectivity index (χ0v) is 10.9. The highest BCUT2D eigenvalue weighted by atomic mass is 15.2. The quantitative estimate of drug-likeness (QED) is 0.634. The molecule has 0 aromatic rings. The van der Waals surface area contributed by atoms with Gasteiger partial charge in [-0.05, 0) is 47.7 Å². The summed E-state index contributed by atoms with van der Waals surface area (Å²) in [7, 11) is 0. The lowest BCUT2D eigenvalue weighted by Gasteiger charge is -2.34. The van der Waals surface area contributed by atoms with Gasteiger partial charge in [-0.15, -0.1) is 0 Å². The van der Waals surface area contributed by atoms with E-state index >= 15 is 0 Å². The molecule has 0 aliphatic rings. The van der Waals surface area contributed by atoms with Crippen molar-refractivity contribution in [2.45, 2.75) is 59.5 Å². The molecular weight excluding hydrogens is 172 g/mol. The van der Waals surface area contributed by atoms with Crippen molar-refractivity contribution in [3.63, 3.8) is 0 Å². The minimum atomic E-state index is 0.0322. The molecule has 0 aliphatic heterocycles. The van der Waals surface area contributed by atoms with Gasteiger partial charge < -0.3 is 0 Å². The van der Waals surface area contributed by atoms with E-state index in [0.717, 1.165) is 13.1 Å². The molecule has 0 radical (unpaired) electrons. The Bertz CT molecular complexity index is 183. The smallest absolute Gasteiger partial charge is 0.0521 e. The molecule has 0 bridgehead atoms. The van der Waals surface area contributed by atoms with E-state index in [-0.39, 0.29) is 11.1 Å². The zero-order chi connectivity index (χ0) is 11.4. The summed E-state index contributed by atoms with van der Waals surface area (Å²) in [5.41, 5.74) is 0.0984. The van der Waals surface area contributed by atoms with E-state index in [2.05, 4.69) is 64.6 Å². The molecule has 84 valence electrons. The van der Waals surface area contributed by atoms with Crippen LogP contribution in [0, 0.1) is 0 Å². The fourth-order valence-corrected chi connectivity index (χ4v) is 1.47. The van der Waals surface area contributed by atoms with Crippen LogP contribution >= 0.6 is 0 Å². The van der Waals surface area contributed by atoms with E-state index in [9.17, 15) is 0 Å². The van der Waals surface area contributed by atoms with Crippen molar-refractivity contribution in [1.82, 2.24) is 4.90 Å². The molecule has 0 aliphatic carbocycles. The summed E-state index contributed by atoms with van der Waals surface area (Å²) >= 11 is 0. The highest BCUT2D eigenvalue weighted by Gasteiger charge is 2.22. The van der Waals surface area contributed by atoms with Crippen LogP contribution < -0.4 is 0 Å². The second-order valence-electron chi connectivity index (χ2n) is 5.25. The van der Waals surface area contributed by atoms with Crippen LogP contribution in [0.3, 0.4) is 0 Å². The van der Waals surface area contributed by atoms with E-state index in [1.807, 2.05) is 0 Å². The van der Waals surface area contributed by atoms with Gasteiger partial charge in [-0.2, -0.15) is 0 Å². The standard InChI is InChI=1S/C12H26N2/c1-8-14(9-2)12(6,7)10-13-11(3,4)5/h10H,8-9H2,1-7H3. The Morgan fingerprint density at radius 1 is 1.00 bits per heavy atom. The van der Waals surface area contributed by atoms with Crippen LogP contribution in [-0.2, 0) is 0 Å². The van der Waals surface area contributed by atoms with Crippen LogP contribution in [0.4, 0.5) is 0 Å². The van der Waals surface area contributed by atoms with E-state index in [4.69, 9.17) is 0 Å². The molecule has 2 heteroatoms. The van der Waals surface area contributed by atoms with Crippen molar-refractivity contribution in [3.05, 3.63) is 0 Å². The molecule has 0 spiro atoms. The van der Waals surface area contributed by atoms with Crippen LogP contribution in [0.5, 0.6) is 0 Å². The number of nitrogens with zero attached hydrogens (tertiary/aromatic N) is 2. The van der Waals surface area contributed by atoms with E-state index in [1.54, 1.807) is 0 Å². The lowest BCUT2D eigenvalue weighted by molar-refractivity contribution is 0.201. The first kappa shape index (κ1) is 13.6. The molecule has 0 rings (SSSR count). The monoisotopic (exact) mass is 198 g/mol. The van der Waals surface area contributed by atoms with Crippen molar-refractivity contribution in [3.8, 4) is 0 Å². The first-order chi connectivity index (χ1) is 6.23. The Hall–Kier alpha value is -0.370. The van der Waals surface area contributed by atoms with Crippen molar-refractivity contribution >= 4 is 6.21 Å². The average Bonchev–Trinajstić information content (AvgIpc) is 2.02. The van der Waals surface area contributed by atoms with Gasteiger partial charge in [-0.3, -0.25) is 9.89 Å². The maximum Gasteiger partial charge on any atom is 0.0521 e. The summed E-state index contributed by atoms with van der Waals surface area (Å²) in [6.45, 7) is 17.3. The number of hydrogen-bond acceptors (Lipinski definition) is 2. The highest BCUT2D eigenvalue weighted by Crippen LogP contribution is 2.14. The Balaban J connectivity index is 4.54. The van der Waals surface area contributed by atoms with Crippen LogP contribution in [0.25, 0.3) is 0 Å². The van der Waals surface area contributed by atoms with Gasteiger partial charge >= 0.3 is 0 Å². The van der Waals surface area contributed by atoms with Crippen molar-refractivity contribution in [2.75, 3.05) is 13.1 Å². The summed E-state index contributed by atoms with van der Waals surface area (Å²) < 4.78 is 0. The molecule has 0 atom stereocenters. The van der Waals surface area contributed by atoms with Crippen LogP contribution in [-0.4, -0.2) is 35.3 Å². The number of hydrogen-bond donors (Lipinski definition) is 0. The second-order valence-corrected chi connectivity index (χ2v) is 5.25. The van der Waals surface area contributed by atoms with Gasteiger partial charge in [0.1, 0.15) is 0 Å². The molecule has 0 aromatic carbocycles. The van der Waals surface area contributed by atoms with Crippen LogP contribution in [0.15, 0.2) is 4.99 Å². The molecule has 0 fully saturated rings. The molecule has 0 heterocycles. The fraction of sp³-hybridized carbons (Fsp3) is 0.917. The molecular formula is C12H26N2. The lowest BCUT2D eigenvalue weighted by Crippen LogP contribution is -2.45. The maximum atomic E-state index is 4.58. The largest absolute Gasteiger partial charge is 0.294 e. The topological polar surface area (TPSA) is 15.6 Å². The Morgan fingerprint density at radius 2 is 1.43 bits per heavy atom. The summed E-state index contributed by atoms with van der Waals surface area (Å²) in [5, 5.41) is 0. The minimum Gasteiger partial charge on any atom is -0.294 e. The van der Waals surface area contributed by atoms with Gasteiger partial charge in [0.25, 0.3) is 0 Å². The lowest BCUT2D eigenvalue weighted by atomic mass is 10.0. The molecule has 0 unspecified atom stereocenters. The third-order valence-electron chi connectivity index (χ3n) is 2.35. The normalized spacial score (nSPS) is 14.3. The van der Waals surface area contributed by atoms with Gasteiger partial charge in [0.2, 0.25) is 0 Å². The summed E-state index contributed by atoms with van der Waals surface area (Å²) in [4.78, 5) is 6.98. The second kappa shape index (κ2) is 4.92. The highest BCUT2D eigenvalue weighted by molar-refractivity contribution is 5.69. The third-order valence-corrected chi connectivity index (χ3v) is 2.35. The van der Waals surface area contributed by atoms with Gasteiger partial charge in [0, 0.05) is 6.21 Å². The molecule has 0 saturated carbocycles. The van der Waals surface area contributed by atoms with Gasteiger partial charge in [0.05, 0.1) is 11.1 Å². The summed E-state index contributed by atoms with van der Waals surface area (Å²) in [6.07, 6.45) is 2.08. The predicted molar refractivity (Wildman–Crippen MR) is 65.2 cm³/mol. The summed E-state index contributed by atoms with van der Waals surface area (Å²) in [5.74, 6) is 0. The van der Waals surface area contributed by atoms with Crippen LogP contribution in [0.1, 0.15) is 48.5 Å². The Morgan fingerprint density at radius 3 is 1.71 bits per heavy atom. The first-order valence-corrected chi connectivity index (χ1v) is 5.54. The third kappa shape index (κ3) is 4.75. The predicted octanol–water partition coefficient (Wildman–Crippen LogP) is 2.98. The SMILES string of the molecule is CCN(CC)C(C)(C)C=NC(C)(C)C. The molecule has 2 nitrogen and oxygen atoms in total. The average molecular weight is 198 g/mol. The Labute approximate surface area is 89.4 Å². The summed E-state index contributed by atoms with van der Waals surface area (Å²) in [6, 6.07) is 0. The van der Waals surface area contributed by atoms with E-state index in [0.29, 0.717) is 0 Å². The molecule has 0 N–H and O–H groups in total. The maximum absolute atomic E-state index is 4.58. The minimum absolute atomic E-state index is 0.0322. The molecule has 14 heavy (non-hydrogen) atoms. The number of rotatable bonds is 4. The van der Waals surface area contributed by atoms with Crippen molar-refractivity contribution < 1.29 is 0 Å². The van der Waals surface area contributed by atoms with Crippen LogP contribution in [0.2, 0.25) is 0 Å². The van der Waals surface area contributed by atoms with Gasteiger partial charge in [0.15, 0.2) is 0 Å². The van der Waals surface area contributed by atoms with E-state index < -0.39 is 0 Å². The van der Waals surface area contributed by atoms with Crippen molar-refractivity contribution in [2.24, 2.45) is 4.99 Å². The molecule has 0 saturated heterocycles. The molecule has 0 amide bonds. The molecule has 0 aromatic heterocycles. The Kier molecular flexibility index (Phi) is 4.79. The van der Waals surface area contributed by atoms with Gasteiger partial charge in [-0.25, -0.2) is 0 Å².